The maximum absolute atomic E-state index is 12.2. The Labute approximate surface area is 108 Å². The van der Waals surface area contributed by atoms with Gasteiger partial charge in [0.05, 0.1) is 11.4 Å². The normalized spacial score (nSPS) is 18.2. The smallest absolute Gasteiger partial charge is 0.301 e. The molecule has 1 saturated heterocycles. The lowest BCUT2D eigenvalue weighted by Crippen LogP contribution is -2.36. The summed E-state index contributed by atoms with van der Waals surface area (Å²) in [5, 5.41) is 0. The van der Waals surface area contributed by atoms with Crippen molar-refractivity contribution in [1.82, 2.24) is 4.31 Å². The number of nitrogen functional groups attached to an aromatic ring is 1. The summed E-state index contributed by atoms with van der Waals surface area (Å²) < 4.78 is 28.5. The average molecular weight is 269 g/mol. The van der Waals surface area contributed by atoms with Crippen LogP contribution >= 0.6 is 0 Å². The lowest BCUT2D eigenvalue weighted by Gasteiger charge is -2.21. The quantitative estimate of drug-likeness (QED) is 0.822. The first-order valence-electron chi connectivity index (χ1n) is 6.22. The molecule has 0 saturated carbocycles. The number of hydrogen-bond donors (Lipinski definition) is 2. The van der Waals surface area contributed by atoms with Crippen molar-refractivity contribution in [2.75, 3.05) is 23.5 Å². The number of nitrogens with zero attached hydrogens (tertiary/aromatic N) is 1. The van der Waals surface area contributed by atoms with Crippen molar-refractivity contribution in [2.45, 2.75) is 25.7 Å². The number of nitrogens with two attached hydrogens (primary N) is 1. The maximum Gasteiger partial charge on any atom is 0.301 e. The predicted octanol–water partition coefficient (Wildman–Crippen LogP) is 1.80. The van der Waals surface area contributed by atoms with Crippen LogP contribution in [0, 0.1) is 0 Å². The van der Waals surface area contributed by atoms with E-state index in [0.29, 0.717) is 24.5 Å². The van der Waals surface area contributed by atoms with E-state index in [1.165, 1.54) is 4.31 Å². The first-order valence-corrected chi connectivity index (χ1v) is 7.66. The van der Waals surface area contributed by atoms with E-state index in [1.54, 1.807) is 24.3 Å². The second-order valence-electron chi connectivity index (χ2n) is 4.51. The molecular formula is C12H19N3O2S. The molecule has 1 aliphatic rings. The predicted molar refractivity (Wildman–Crippen MR) is 73.4 cm³/mol. The molecule has 6 heteroatoms. The Kier molecular flexibility index (Phi) is 4.08. The Morgan fingerprint density at radius 2 is 1.67 bits per heavy atom. The fraction of sp³-hybridized carbons (Fsp3) is 0.500. The number of hydrogen-bond acceptors (Lipinski definition) is 3. The molecule has 0 aromatic heterocycles. The standard InChI is InChI=1S/C12H19N3O2S/c13-11-7-3-4-8-12(11)14-18(16,17)15-9-5-1-2-6-10-15/h3-4,7-8,14H,1-2,5-6,9-10,13H2. The zero-order valence-electron chi connectivity index (χ0n) is 10.3. The maximum atomic E-state index is 12.2. The second-order valence-corrected chi connectivity index (χ2v) is 6.18. The average Bonchev–Trinajstić information content (AvgIpc) is 2.61. The van der Waals surface area contributed by atoms with Gasteiger partial charge < -0.3 is 5.73 Å². The summed E-state index contributed by atoms with van der Waals surface area (Å²) in [5.74, 6) is 0. The van der Waals surface area contributed by atoms with Crippen molar-refractivity contribution in [3.05, 3.63) is 24.3 Å². The Morgan fingerprint density at radius 3 is 2.28 bits per heavy atom. The van der Waals surface area contributed by atoms with Gasteiger partial charge in [0.25, 0.3) is 0 Å². The van der Waals surface area contributed by atoms with Crippen LogP contribution in [0.2, 0.25) is 0 Å². The topological polar surface area (TPSA) is 75.4 Å². The SMILES string of the molecule is Nc1ccccc1NS(=O)(=O)N1CCCCCC1. The van der Waals surface area contributed by atoms with Gasteiger partial charge in [-0.15, -0.1) is 0 Å². The van der Waals surface area contributed by atoms with Gasteiger partial charge in [-0.3, -0.25) is 4.72 Å². The molecule has 0 aliphatic carbocycles. The van der Waals surface area contributed by atoms with E-state index in [-0.39, 0.29) is 0 Å². The van der Waals surface area contributed by atoms with E-state index < -0.39 is 10.2 Å². The van der Waals surface area contributed by atoms with E-state index in [0.717, 1.165) is 25.7 Å². The van der Waals surface area contributed by atoms with Crippen molar-refractivity contribution in [3.8, 4) is 0 Å². The lowest BCUT2D eigenvalue weighted by atomic mass is 10.2. The third-order valence-corrected chi connectivity index (χ3v) is 4.63. The van der Waals surface area contributed by atoms with Gasteiger partial charge in [-0.25, -0.2) is 0 Å². The van der Waals surface area contributed by atoms with Crippen molar-refractivity contribution < 1.29 is 8.42 Å². The van der Waals surface area contributed by atoms with Crippen molar-refractivity contribution in [3.63, 3.8) is 0 Å². The van der Waals surface area contributed by atoms with Crippen molar-refractivity contribution in [1.29, 1.82) is 0 Å². The molecule has 5 nitrogen and oxygen atoms in total. The van der Waals surface area contributed by atoms with Gasteiger partial charge in [0.2, 0.25) is 0 Å². The number of anilines is 2. The number of benzene rings is 1. The fourth-order valence-electron chi connectivity index (χ4n) is 2.08. The van der Waals surface area contributed by atoms with E-state index >= 15 is 0 Å². The molecule has 1 fully saturated rings. The van der Waals surface area contributed by atoms with Gasteiger partial charge >= 0.3 is 10.2 Å². The summed E-state index contributed by atoms with van der Waals surface area (Å²) in [7, 11) is -3.48. The van der Waals surface area contributed by atoms with Gasteiger partial charge in [-0.05, 0) is 25.0 Å². The van der Waals surface area contributed by atoms with Crippen LogP contribution in [0.5, 0.6) is 0 Å². The Balaban J connectivity index is 2.13. The minimum Gasteiger partial charge on any atom is -0.397 e. The molecule has 1 aromatic rings. The van der Waals surface area contributed by atoms with E-state index in [4.69, 9.17) is 5.73 Å². The third-order valence-electron chi connectivity index (χ3n) is 3.10. The molecule has 0 bridgehead atoms. The van der Waals surface area contributed by atoms with Crippen LogP contribution < -0.4 is 10.5 Å². The first kappa shape index (κ1) is 13.2. The van der Waals surface area contributed by atoms with Crippen LogP contribution in [-0.2, 0) is 10.2 Å². The fourth-order valence-corrected chi connectivity index (χ4v) is 3.41. The highest BCUT2D eigenvalue weighted by Gasteiger charge is 2.23. The molecule has 100 valence electrons. The molecule has 1 aliphatic heterocycles. The molecular weight excluding hydrogens is 250 g/mol. The molecule has 0 amide bonds. The van der Waals surface area contributed by atoms with E-state index in [1.807, 2.05) is 0 Å². The summed E-state index contributed by atoms with van der Waals surface area (Å²) in [6.45, 7) is 1.17. The summed E-state index contributed by atoms with van der Waals surface area (Å²) >= 11 is 0. The summed E-state index contributed by atoms with van der Waals surface area (Å²) in [6, 6.07) is 6.89. The van der Waals surface area contributed by atoms with Crippen LogP contribution in [0.25, 0.3) is 0 Å². The van der Waals surface area contributed by atoms with Crippen molar-refractivity contribution >= 4 is 21.6 Å². The molecule has 0 radical (unpaired) electrons. The molecule has 3 N–H and O–H groups in total. The molecule has 18 heavy (non-hydrogen) atoms. The second kappa shape index (κ2) is 5.58. The molecule has 0 spiro atoms. The van der Waals surface area contributed by atoms with Crippen LogP contribution in [0.15, 0.2) is 24.3 Å². The highest BCUT2D eigenvalue weighted by Crippen LogP contribution is 2.21. The van der Waals surface area contributed by atoms with Crippen LogP contribution in [-0.4, -0.2) is 25.8 Å². The monoisotopic (exact) mass is 269 g/mol. The molecule has 1 aromatic carbocycles. The number of para-hydroxylation sites is 2. The molecule has 0 atom stereocenters. The number of rotatable bonds is 3. The zero-order valence-corrected chi connectivity index (χ0v) is 11.1. The van der Waals surface area contributed by atoms with Crippen LogP contribution in [0.3, 0.4) is 0 Å². The zero-order chi connectivity index (χ0) is 13.0. The van der Waals surface area contributed by atoms with Crippen molar-refractivity contribution in [2.24, 2.45) is 0 Å². The van der Waals surface area contributed by atoms with Gasteiger partial charge in [0, 0.05) is 13.1 Å². The highest BCUT2D eigenvalue weighted by molar-refractivity contribution is 7.90. The summed E-state index contributed by atoms with van der Waals surface area (Å²) in [4.78, 5) is 0. The van der Waals surface area contributed by atoms with Crippen LogP contribution in [0.4, 0.5) is 11.4 Å². The Morgan fingerprint density at radius 1 is 1.06 bits per heavy atom. The molecule has 0 unspecified atom stereocenters. The Bertz CT molecular complexity index is 494. The summed E-state index contributed by atoms with van der Waals surface area (Å²) in [6.07, 6.45) is 4.04. The third kappa shape index (κ3) is 3.14. The van der Waals surface area contributed by atoms with Gasteiger partial charge in [0.15, 0.2) is 0 Å². The van der Waals surface area contributed by atoms with Crippen LogP contribution in [0.1, 0.15) is 25.7 Å². The molecule has 1 heterocycles. The van der Waals surface area contributed by atoms with E-state index in [2.05, 4.69) is 4.72 Å². The van der Waals surface area contributed by atoms with E-state index in [9.17, 15) is 8.42 Å². The largest absolute Gasteiger partial charge is 0.397 e. The minimum atomic E-state index is -3.48. The van der Waals surface area contributed by atoms with Gasteiger partial charge in [-0.1, -0.05) is 25.0 Å². The van der Waals surface area contributed by atoms with Gasteiger partial charge in [-0.2, -0.15) is 12.7 Å². The van der Waals surface area contributed by atoms with Gasteiger partial charge in [0.1, 0.15) is 0 Å². The Hall–Kier alpha value is -1.27. The first-order chi connectivity index (χ1) is 8.59. The lowest BCUT2D eigenvalue weighted by molar-refractivity contribution is 0.427. The number of nitrogens with one attached hydrogen (secondary N) is 1. The summed E-state index contributed by atoms with van der Waals surface area (Å²) in [5.41, 5.74) is 6.63. The minimum absolute atomic E-state index is 0.441. The highest BCUT2D eigenvalue weighted by atomic mass is 32.2. The molecule has 2 rings (SSSR count).